The summed E-state index contributed by atoms with van der Waals surface area (Å²) in [4.78, 5) is 0. The number of nitrogens with zero attached hydrogens (tertiary/aromatic N) is 1. The van der Waals surface area contributed by atoms with Crippen LogP contribution < -0.4 is 20.2 Å². The minimum atomic E-state index is -0.293. The van der Waals surface area contributed by atoms with E-state index in [9.17, 15) is 4.39 Å². The van der Waals surface area contributed by atoms with E-state index in [1.807, 2.05) is 6.07 Å². The van der Waals surface area contributed by atoms with Crippen LogP contribution in [-0.2, 0) is 6.61 Å². The largest absolute Gasteiger partial charge is 0.493 e. The molecule has 0 saturated heterocycles. The third-order valence-electron chi connectivity index (χ3n) is 4.85. The summed E-state index contributed by atoms with van der Waals surface area (Å²) in [6.07, 6.45) is 7.76. The molecule has 0 aromatic heterocycles. The fourth-order valence-corrected chi connectivity index (χ4v) is 3.50. The Morgan fingerprint density at radius 1 is 1.17 bits per heavy atom. The summed E-state index contributed by atoms with van der Waals surface area (Å²) in [6.45, 7) is 0.124. The number of thiocarbonyl (C=S) groups is 1. The molecule has 1 fully saturated rings. The SMILES string of the molecule is COc1cc(/C=N/NC(=S)NC2CCCCC2)ccc1OCc1ccccc1F. The van der Waals surface area contributed by atoms with Gasteiger partial charge in [0.25, 0.3) is 0 Å². The zero-order chi connectivity index (χ0) is 20.5. The number of hydrogen-bond acceptors (Lipinski definition) is 4. The number of hydrazone groups is 1. The molecule has 0 spiro atoms. The highest BCUT2D eigenvalue weighted by Crippen LogP contribution is 2.28. The van der Waals surface area contributed by atoms with Gasteiger partial charge in [-0.2, -0.15) is 5.10 Å². The van der Waals surface area contributed by atoms with Gasteiger partial charge in [-0.25, -0.2) is 4.39 Å². The van der Waals surface area contributed by atoms with Crippen molar-refractivity contribution in [1.29, 1.82) is 0 Å². The van der Waals surface area contributed by atoms with Crippen molar-refractivity contribution in [2.45, 2.75) is 44.8 Å². The lowest BCUT2D eigenvalue weighted by molar-refractivity contribution is 0.279. The van der Waals surface area contributed by atoms with E-state index in [0.717, 1.165) is 18.4 Å². The van der Waals surface area contributed by atoms with E-state index in [2.05, 4.69) is 15.8 Å². The molecule has 3 rings (SSSR count). The minimum absolute atomic E-state index is 0.124. The molecule has 2 aromatic carbocycles. The summed E-state index contributed by atoms with van der Waals surface area (Å²) in [5, 5.41) is 8.03. The third-order valence-corrected chi connectivity index (χ3v) is 5.06. The van der Waals surface area contributed by atoms with Crippen LogP contribution in [0.25, 0.3) is 0 Å². The highest BCUT2D eigenvalue weighted by atomic mass is 32.1. The van der Waals surface area contributed by atoms with Crippen molar-refractivity contribution in [2.75, 3.05) is 7.11 Å². The molecule has 1 aliphatic rings. The molecule has 1 saturated carbocycles. The van der Waals surface area contributed by atoms with E-state index in [0.29, 0.717) is 28.2 Å². The summed E-state index contributed by atoms with van der Waals surface area (Å²) < 4.78 is 24.9. The first-order valence-electron chi connectivity index (χ1n) is 9.79. The molecule has 2 N–H and O–H groups in total. The summed E-state index contributed by atoms with van der Waals surface area (Å²) in [6, 6.07) is 12.4. The fraction of sp³-hybridized carbons (Fsp3) is 0.364. The van der Waals surface area contributed by atoms with Crippen LogP contribution >= 0.6 is 12.2 Å². The second-order valence-corrected chi connectivity index (χ2v) is 7.38. The number of methoxy groups -OCH3 is 1. The van der Waals surface area contributed by atoms with Crippen LogP contribution in [0.3, 0.4) is 0 Å². The number of ether oxygens (including phenoxy) is 2. The van der Waals surface area contributed by atoms with Crippen molar-refractivity contribution in [3.05, 3.63) is 59.4 Å². The molecule has 154 valence electrons. The first kappa shape index (κ1) is 21.0. The molecule has 0 atom stereocenters. The fourth-order valence-electron chi connectivity index (χ4n) is 3.28. The highest BCUT2D eigenvalue weighted by Gasteiger charge is 2.13. The van der Waals surface area contributed by atoms with Crippen LogP contribution in [-0.4, -0.2) is 24.5 Å². The Morgan fingerprint density at radius 3 is 2.72 bits per heavy atom. The quantitative estimate of drug-likeness (QED) is 0.395. The molecule has 0 heterocycles. The van der Waals surface area contributed by atoms with Gasteiger partial charge in [0.1, 0.15) is 12.4 Å². The van der Waals surface area contributed by atoms with Crippen LogP contribution in [0.2, 0.25) is 0 Å². The number of benzene rings is 2. The lowest BCUT2D eigenvalue weighted by Gasteiger charge is -2.23. The molecule has 29 heavy (non-hydrogen) atoms. The molecule has 2 aromatic rings. The maximum absolute atomic E-state index is 13.7. The average molecular weight is 416 g/mol. The van der Waals surface area contributed by atoms with Crippen LogP contribution in [0, 0.1) is 5.82 Å². The molecule has 0 unspecified atom stereocenters. The Hall–Kier alpha value is -2.67. The van der Waals surface area contributed by atoms with E-state index < -0.39 is 0 Å². The predicted octanol–water partition coefficient (Wildman–Crippen LogP) is 4.54. The lowest BCUT2D eigenvalue weighted by Crippen LogP contribution is -2.40. The predicted molar refractivity (Wildman–Crippen MR) is 117 cm³/mol. The number of nitrogens with one attached hydrogen (secondary N) is 2. The molecule has 0 aliphatic heterocycles. The van der Waals surface area contributed by atoms with Crippen molar-refractivity contribution in [3.63, 3.8) is 0 Å². The van der Waals surface area contributed by atoms with Crippen LogP contribution in [0.4, 0.5) is 4.39 Å². The standard InChI is InChI=1S/C22H26FN3O2S/c1-27-21-13-16(14-24-26-22(29)25-18-8-3-2-4-9-18)11-12-20(21)28-15-17-7-5-6-10-19(17)23/h5-7,10-14,18H,2-4,8-9,15H2,1H3,(H2,25,26,29)/b24-14+. The van der Waals surface area contributed by atoms with Gasteiger partial charge < -0.3 is 14.8 Å². The molecule has 0 radical (unpaired) electrons. The number of halogens is 1. The molecule has 5 nitrogen and oxygen atoms in total. The maximum Gasteiger partial charge on any atom is 0.187 e. The van der Waals surface area contributed by atoms with Gasteiger partial charge in [0, 0.05) is 11.6 Å². The molecular formula is C22H26FN3O2S. The van der Waals surface area contributed by atoms with Crippen molar-refractivity contribution in [3.8, 4) is 11.5 Å². The zero-order valence-corrected chi connectivity index (χ0v) is 17.3. The number of hydrogen-bond donors (Lipinski definition) is 2. The first-order chi connectivity index (χ1) is 14.2. The topological polar surface area (TPSA) is 54.9 Å². The van der Waals surface area contributed by atoms with Gasteiger partial charge in [0.2, 0.25) is 0 Å². The van der Waals surface area contributed by atoms with Crippen LogP contribution in [0.1, 0.15) is 43.2 Å². The van der Waals surface area contributed by atoms with Crippen LogP contribution in [0.15, 0.2) is 47.6 Å². The van der Waals surface area contributed by atoms with Crippen molar-refractivity contribution in [2.24, 2.45) is 5.10 Å². The Kier molecular flexibility index (Phi) is 7.81. The monoisotopic (exact) mass is 415 g/mol. The number of rotatable bonds is 7. The smallest absolute Gasteiger partial charge is 0.187 e. The summed E-state index contributed by atoms with van der Waals surface area (Å²) >= 11 is 5.30. The Balaban J connectivity index is 1.54. The molecular weight excluding hydrogens is 389 g/mol. The molecule has 0 bridgehead atoms. The zero-order valence-electron chi connectivity index (χ0n) is 16.5. The Morgan fingerprint density at radius 2 is 1.97 bits per heavy atom. The van der Waals surface area contributed by atoms with Gasteiger partial charge in [-0.15, -0.1) is 0 Å². The Bertz CT molecular complexity index is 854. The van der Waals surface area contributed by atoms with Gasteiger partial charge in [-0.3, -0.25) is 5.43 Å². The van der Waals surface area contributed by atoms with E-state index in [4.69, 9.17) is 21.7 Å². The van der Waals surface area contributed by atoms with Crippen LogP contribution in [0.5, 0.6) is 11.5 Å². The van der Waals surface area contributed by atoms with E-state index in [-0.39, 0.29) is 12.4 Å². The molecule has 0 amide bonds. The van der Waals surface area contributed by atoms with Gasteiger partial charge in [0.05, 0.1) is 13.3 Å². The van der Waals surface area contributed by atoms with Crippen molar-refractivity contribution >= 4 is 23.5 Å². The van der Waals surface area contributed by atoms with Gasteiger partial charge in [0.15, 0.2) is 16.6 Å². The molecule has 1 aliphatic carbocycles. The van der Waals surface area contributed by atoms with Crippen molar-refractivity contribution in [1.82, 2.24) is 10.7 Å². The third kappa shape index (κ3) is 6.42. The average Bonchev–Trinajstić information content (AvgIpc) is 2.74. The van der Waals surface area contributed by atoms with Gasteiger partial charge >= 0.3 is 0 Å². The van der Waals surface area contributed by atoms with E-state index >= 15 is 0 Å². The van der Waals surface area contributed by atoms with E-state index in [1.165, 1.54) is 25.3 Å². The minimum Gasteiger partial charge on any atom is -0.493 e. The highest BCUT2D eigenvalue weighted by molar-refractivity contribution is 7.80. The van der Waals surface area contributed by atoms with Gasteiger partial charge in [-0.1, -0.05) is 37.5 Å². The summed E-state index contributed by atoms with van der Waals surface area (Å²) in [7, 11) is 1.56. The summed E-state index contributed by atoms with van der Waals surface area (Å²) in [5.41, 5.74) is 4.18. The first-order valence-corrected chi connectivity index (χ1v) is 10.2. The second-order valence-electron chi connectivity index (χ2n) is 6.97. The van der Waals surface area contributed by atoms with Gasteiger partial charge in [-0.05, 0) is 54.9 Å². The normalized spacial score (nSPS) is 14.6. The van der Waals surface area contributed by atoms with Crippen molar-refractivity contribution < 1.29 is 13.9 Å². The second kappa shape index (κ2) is 10.8. The van der Waals surface area contributed by atoms with E-state index in [1.54, 1.807) is 43.7 Å². The maximum atomic E-state index is 13.7. The Labute approximate surface area is 176 Å². The lowest BCUT2D eigenvalue weighted by atomic mass is 9.96. The molecule has 7 heteroatoms. The summed E-state index contributed by atoms with van der Waals surface area (Å²) in [5.74, 6) is 0.794.